The van der Waals surface area contributed by atoms with Crippen molar-refractivity contribution >= 4 is 22.8 Å². The normalized spacial score (nSPS) is 11.1. The van der Waals surface area contributed by atoms with Crippen LogP contribution in [-0.2, 0) is 17.8 Å². The van der Waals surface area contributed by atoms with Crippen LogP contribution in [0.2, 0.25) is 0 Å². The number of aliphatic carboxylic acids is 1. The molecule has 1 N–H and O–H groups in total. The first-order chi connectivity index (χ1) is 14.7. The molecule has 0 aliphatic heterocycles. The zero-order valence-corrected chi connectivity index (χ0v) is 16.5. The van der Waals surface area contributed by atoms with Crippen molar-refractivity contribution in [3.05, 3.63) is 119 Å². The molecule has 3 nitrogen and oxygen atoms in total. The predicted octanol–water partition coefficient (Wildman–Crippen LogP) is 6.11. The Morgan fingerprint density at radius 3 is 2.37 bits per heavy atom. The highest BCUT2D eigenvalue weighted by Crippen LogP contribution is 2.25. The van der Waals surface area contributed by atoms with E-state index in [1.54, 1.807) is 6.08 Å². The van der Waals surface area contributed by atoms with Crippen LogP contribution in [-0.4, -0.2) is 11.1 Å². The van der Waals surface area contributed by atoms with Gasteiger partial charge in [0.2, 0.25) is 0 Å². The van der Waals surface area contributed by atoms with Crippen LogP contribution in [0.4, 0.5) is 0 Å². The zero-order chi connectivity index (χ0) is 20.8. The second-order valence-electron chi connectivity index (χ2n) is 7.16. The molecule has 0 aliphatic rings. The third kappa shape index (κ3) is 4.95. The van der Waals surface area contributed by atoms with Crippen LogP contribution in [0, 0.1) is 0 Å². The lowest BCUT2D eigenvalue weighted by Gasteiger charge is -2.10. The Hall–Kier alpha value is -3.85. The highest BCUT2D eigenvalue weighted by Gasteiger charge is 2.04. The van der Waals surface area contributed by atoms with Crippen LogP contribution < -0.4 is 4.74 Å². The molecule has 0 aromatic heterocycles. The lowest BCUT2D eigenvalue weighted by atomic mass is 9.97. The molecule has 0 spiro atoms. The summed E-state index contributed by atoms with van der Waals surface area (Å²) >= 11 is 0. The fraction of sp³-hybridized carbons (Fsp3) is 0.0741. The van der Waals surface area contributed by atoms with Crippen LogP contribution in [0.1, 0.15) is 22.3 Å². The topological polar surface area (TPSA) is 46.5 Å². The van der Waals surface area contributed by atoms with Crippen LogP contribution >= 0.6 is 0 Å². The van der Waals surface area contributed by atoms with E-state index in [4.69, 9.17) is 9.84 Å². The Morgan fingerprint density at radius 2 is 1.53 bits per heavy atom. The van der Waals surface area contributed by atoms with Gasteiger partial charge in [0, 0.05) is 6.08 Å². The molecule has 0 bridgehead atoms. The number of carboxylic acid groups (broad SMARTS) is 1. The van der Waals surface area contributed by atoms with E-state index in [1.807, 2.05) is 48.5 Å². The maximum Gasteiger partial charge on any atom is 0.328 e. The maximum absolute atomic E-state index is 10.8. The smallest absolute Gasteiger partial charge is 0.328 e. The minimum absolute atomic E-state index is 0.547. The third-order valence-corrected chi connectivity index (χ3v) is 4.98. The van der Waals surface area contributed by atoms with E-state index in [9.17, 15) is 4.79 Å². The molecule has 0 radical (unpaired) electrons. The molecule has 0 fully saturated rings. The largest absolute Gasteiger partial charge is 0.489 e. The van der Waals surface area contributed by atoms with Gasteiger partial charge in [0.15, 0.2) is 0 Å². The van der Waals surface area contributed by atoms with E-state index in [1.165, 1.54) is 11.6 Å². The van der Waals surface area contributed by atoms with Crippen molar-refractivity contribution < 1.29 is 14.6 Å². The number of hydrogen-bond acceptors (Lipinski definition) is 2. The van der Waals surface area contributed by atoms with Gasteiger partial charge in [-0.05, 0) is 57.7 Å². The Bertz CT molecular complexity index is 1190. The van der Waals surface area contributed by atoms with Gasteiger partial charge in [-0.2, -0.15) is 0 Å². The number of rotatable bonds is 7. The van der Waals surface area contributed by atoms with Crippen molar-refractivity contribution in [1.29, 1.82) is 0 Å². The molecule has 0 saturated carbocycles. The molecule has 0 aliphatic carbocycles. The molecule has 0 saturated heterocycles. The number of benzene rings is 4. The zero-order valence-electron chi connectivity index (χ0n) is 16.5. The van der Waals surface area contributed by atoms with Gasteiger partial charge in [0.05, 0.1) is 0 Å². The van der Waals surface area contributed by atoms with E-state index < -0.39 is 5.97 Å². The summed E-state index contributed by atoms with van der Waals surface area (Å²) in [5, 5.41) is 11.2. The van der Waals surface area contributed by atoms with E-state index in [0.717, 1.165) is 39.6 Å². The van der Waals surface area contributed by atoms with Gasteiger partial charge in [0.1, 0.15) is 12.4 Å². The quantitative estimate of drug-likeness (QED) is 0.385. The highest BCUT2D eigenvalue weighted by atomic mass is 16.5. The molecule has 4 rings (SSSR count). The Balaban J connectivity index is 1.51. The third-order valence-electron chi connectivity index (χ3n) is 4.98. The van der Waals surface area contributed by atoms with Gasteiger partial charge in [-0.15, -0.1) is 0 Å². The van der Waals surface area contributed by atoms with Gasteiger partial charge < -0.3 is 9.84 Å². The molecule has 30 heavy (non-hydrogen) atoms. The van der Waals surface area contributed by atoms with Gasteiger partial charge in [0.25, 0.3) is 0 Å². The van der Waals surface area contributed by atoms with E-state index in [-0.39, 0.29) is 0 Å². The average molecular weight is 394 g/mol. The minimum atomic E-state index is -0.944. The van der Waals surface area contributed by atoms with E-state index >= 15 is 0 Å². The molecule has 4 aromatic carbocycles. The Labute approximate surface area is 175 Å². The van der Waals surface area contributed by atoms with Crippen molar-refractivity contribution in [3.63, 3.8) is 0 Å². The monoisotopic (exact) mass is 394 g/mol. The summed E-state index contributed by atoms with van der Waals surface area (Å²) in [6, 6.07) is 30.5. The van der Waals surface area contributed by atoms with E-state index in [2.05, 4.69) is 42.5 Å². The average Bonchev–Trinajstić information content (AvgIpc) is 2.77. The second kappa shape index (κ2) is 9.10. The number of carboxylic acids is 1. The van der Waals surface area contributed by atoms with Crippen molar-refractivity contribution in [2.24, 2.45) is 0 Å². The molecule has 0 unspecified atom stereocenters. The number of ether oxygens (including phenoxy) is 1. The van der Waals surface area contributed by atoms with Gasteiger partial charge in [-0.3, -0.25) is 0 Å². The lowest BCUT2D eigenvalue weighted by Crippen LogP contribution is -1.95. The van der Waals surface area contributed by atoms with Crippen LogP contribution in [0.5, 0.6) is 5.75 Å². The molecule has 3 heteroatoms. The van der Waals surface area contributed by atoms with Gasteiger partial charge in [-0.1, -0.05) is 78.9 Å². The summed E-state index contributed by atoms with van der Waals surface area (Å²) in [6.45, 7) is 0.547. The fourth-order valence-corrected chi connectivity index (χ4v) is 3.45. The predicted molar refractivity (Wildman–Crippen MR) is 121 cm³/mol. The molecule has 148 valence electrons. The van der Waals surface area contributed by atoms with Gasteiger partial charge >= 0.3 is 5.97 Å². The SMILES string of the molecule is O=C(O)/C=C/c1ccccc1Cc1ccc2cc(OCc3ccccc3)ccc2c1. The summed E-state index contributed by atoms with van der Waals surface area (Å²) in [7, 11) is 0. The summed E-state index contributed by atoms with van der Waals surface area (Å²) in [4.78, 5) is 10.8. The maximum atomic E-state index is 10.8. The minimum Gasteiger partial charge on any atom is -0.489 e. The molecule has 0 atom stereocenters. The van der Waals surface area contributed by atoms with Crippen LogP contribution in [0.15, 0.2) is 97.1 Å². The van der Waals surface area contributed by atoms with Crippen LogP contribution in [0.3, 0.4) is 0 Å². The summed E-state index contributed by atoms with van der Waals surface area (Å²) in [6.07, 6.45) is 3.56. The summed E-state index contributed by atoms with van der Waals surface area (Å²) < 4.78 is 5.93. The molecular formula is C27H22O3. The van der Waals surface area contributed by atoms with Crippen molar-refractivity contribution in [3.8, 4) is 5.75 Å². The van der Waals surface area contributed by atoms with Crippen molar-refractivity contribution in [1.82, 2.24) is 0 Å². The Morgan fingerprint density at radius 1 is 0.800 bits per heavy atom. The van der Waals surface area contributed by atoms with Gasteiger partial charge in [-0.25, -0.2) is 4.79 Å². The highest BCUT2D eigenvalue weighted by molar-refractivity contribution is 5.86. The summed E-state index contributed by atoms with van der Waals surface area (Å²) in [5.41, 5.74) is 4.34. The van der Waals surface area contributed by atoms with Crippen LogP contribution in [0.25, 0.3) is 16.8 Å². The van der Waals surface area contributed by atoms with Crippen molar-refractivity contribution in [2.75, 3.05) is 0 Å². The number of fused-ring (bicyclic) bond motifs is 1. The molecule has 0 heterocycles. The molecule has 0 amide bonds. The van der Waals surface area contributed by atoms with Crippen molar-refractivity contribution in [2.45, 2.75) is 13.0 Å². The first kappa shape index (κ1) is 19.5. The Kier molecular flexibility index (Phi) is 5.90. The number of hydrogen-bond donors (Lipinski definition) is 1. The first-order valence-electron chi connectivity index (χ1n) is 9.86. The molecule has 4 aromatic rings. The first-order valence-corrected chi connectivity index (χ1v) is 9.86. The standard InChI is InChI=1S/C27H22O3/c28-27(29)15-13-22-8-4-5-9-23(22)16-21-10-11-25-18-26(14-12-24(25)17-21)30-19-20-6-2-1-3-7-20/h1-15,17-18H,16,19H2,(H,28,29)/b15-13+. The van der Waals surface area contributed by atoms with E-state index in [0.29, 0.717) is 6.61 Å². The second-order valence-corrected chi connectivity index (χ2v) is 7.16. The molecular weight excluding hydrogens is 372 g/mol. The fourth-order valence-electron chi connectivity index (χ4n) is 3.45. The lowest BCUT2D eigenvalue weighted by molar-refractivity contribution is -0.131. The number of carbonyl (C=O) groups is 1. The summed E-state index contributed by atoms with van der Waals surface area (Å²) in [5.74, 6) is -0.0935.